The van der Waals surface area contributed by atoms with Crippen LogP contribution < -0.4 is 5.32 Å². The molecule has 4 heteroatoms. The Bertz CT molecular complexity index is 626. The van der Waals surface area contributed by atoms with Crippen molar-refractivity contribution in [1.82, 2.24) is 5.32 Å². The van der Waals surface area contributed by atoms with Gasteiger partial charge in [0.2, 0.25) is 0 Å². The number of carbonyl (C=O) groups is 1. The lowest BCUT2D eigenvalue weighted by Gasteiger charge is -2.08. The van der Waals surface area contributed by atoms with Crippen LogP contribution in [0.3, 0.4) is 0 Å². The Morgan fingerprint density at radius 3 is 2.70 bits per heavy atom. The maximum atomic E-state index is 13.2. The molecule has 2 aromatic carbocycles. The molecule has 1 amide bonds. The van der Waals surface area contributed by atoms with E-state index in [0.717, 1.165) is 16.7 Å². The standard InChI is InChI=1S/C16H16FNO2/c1-11-5-6-14(17)8-15(11)16(20)18-9-12-3-2-4-13(7-12)10-19/h2-8,19H,9-10H2,1H3,(H,18,20). The lowest BCUT2D eigenvalue weighted by Crippen LogP contribution is -2.23. The van der Waals surface area contributed by atoms with E-state index in [1.165, 1.54) is 12.1 Å². The van der Waals surface area contributed by atoms with E-state index in [-0.39, 0.29) is 12.5 Å². The first-order valence-corrected chi connectivity index (χ1v) is 6.33. The Morgan fingerprint density at radius 2 is 1.95 bits per heavy atom. The zero-order chi connectivity index (χ0) is 14.5. The fraction of sp³-hybridized carbons (Fsp3) is 0.188. The van der Waals surface area contributed by atoms with Crippen molar-refractivity contribution in [1.29, 1.82) is 0 Å². The topological polar surface area (TPSA) is 49.3 Å². The molecule has 3 nitrogen and oxygen atoms in total. The molecule has 0 spiro atoms. The average molecular weight is 273 g/mol. The minimum absolute atomic E-state index is 0.0369. The van der Waals surface area contributed by atoms with Crippen molar-refractivity contribution in [3.05, 3.63) is 70.5 Å². The Hall–Kier alpha value is -2.20. The predicted octanol–water partition coefficient (Wildman–Crippen LogP) is 2.56. The Kier molecular flexibility index (Phi) is 4.48. The van der Waals surface area contributed by atoms with Crippen LogP contribution in [0.15, 0.2) is 42.5 Å². The molecule has 0 saturated heterocycles. The van der Waals surface area contributed by atoms with E-state index in [2.05, 4.69) is 5.32 Å². The van der Waals surface area contributed by atoms with Crippen molar-refractivity contribution in [3.63, 3.8) is 0 Å². The fourth-order valence-corrected chi connectivity index (χ4v) is 1.95. The minimum Gasteiger partial charge on any atom is -0.392 e. The Morgan fingerprint density at radius 1 is 1.20 bits per heavy atom. The monoisotopic (exact) mass is 273 g/mol. The zero-order valence-corrected chi connectivity index (χ0v) is 11.2. The van der Waals surface area contributed by atoms with Crippen LogP contribution in [0.4, 0.5) is 4.39 Å². The quantitative estimate of drug-likeness (QED) is 0.899. The normalized spacial score (nSPS) is 10.3. The number of aliphatic hydroxyl groups is 1. The second-order valence-corrected chi connectivity index (χ2v) is 4.62. The van der Waals surface area contributed by atoms with Crippen molar-refractivity contribution < 1.29 is 14.3 Å². The van der Waals surface area contributed by atoms with E-state index in [1.54, 1.807) is 13.0 Å². The summed E-state index contributed by atoms with van der Waals surface area (Å²) in [5, 5.41) is 11.8. The van der Waals surface area contributed by atoms with E-state index in [4.69, 9.17) is 5.11 Å². The van der Waals surface area contributed by atoms with Gasteiger partial charge in [0.1, 0.15) is 5.82 Å². The van der Waals surface area contributed by atoms with Crippen LogP contribution in [0.1, 0.15) is 27.0 Å². The van der Waals surface area contributed by atoms with Crippen LogP contribution in [-0.4, -0.2) is 11.0 Å². The van der Waals surface area contributed by atoms with Gasteiger partial charge in [-0.15, -0.1) is 0 Å². The second-order valence-electron chi connectivity index (χ2n) is 4.62. The molecule has 0 unspecified atom stereocenters. The molecule has 20 heavy (non-hydrogen) atoms. The molecule has 0 fully saturated rings. The molecule has 2 N–H and O–H groups in total. The van der Waals surface area contributed by atoms with Crippen LogP contribution in [0.5, 0.6) is 0 Å². The summed E-state index contributed by atoms with van der Waals surface area (Å²) in [5.74, 6) is -0.737. The van der Waals surface area contributed by atoms with E-state index < -0.39 is 5.82 Å². The van der Waals surface area contributed by atoms with Crippen LogP contribution >= 0.6 is 0 Å². The Labute approximate surface area is 117 Å². The number of aliphatic hydroxyl groups excluding tert-OH is 1. The summed E-state index contributed by atoms with van der Waals surface area (Å²) in [6, 6.07) is 11.4. The highest BCUT2D eigenvalue weighted by Gasteiger charge is 2.09. The smallest absolute Gasteiger partial charge is 0.251 e. The SMILES string of the molecule is Cc1ccc(F)cc1C(=O)NCc1cccc(CO)c1. The second kappa shape index (κ2) is 6.30. The number of nitrogens with one attached hydrogen (secondary N) is 1. The van der Waals surface area contributed by atoms with Gasteiger partial charge in [-0.2, -0.15) is 0 Å². The number of halogens is 1. The van der Waals surface area contributed by atoms with Gasteiger partial charge < -0.3 is 10.4 Å². The summed E-state index contributed by atoms with van der Waals surface area (Å²) in [6.07, 6.45) is 0. The Balaban J connectivity index is 2.06. The lowest BCUT2D eigenvalue weighted by atomic mass is 10.1. The largest absolute Gasteiger partial charge is 0.392 e. The van der Waals surface area contributed by atoms with Gasteiger partial charge in [0, 0.05) is 12.1 Å². The fourth-order valence-electron chi connectivity index (χ4n) is 1.95. The highest BCUT2D eigenvalue weighted by atomic mass is 19.1. The van der Waals surface area contributed by atoms with Gasteiger partial charge >= 0.3 is 0 Å². The summed E-state index contributed by atoms with van der Waals surface area (Å²) < 4.78 is 13.2. The van der Waals surface area contributed by atoms with Crippen LogP contribution in [0.2, 0.25) is 0 Å². The number of benzene rings is 2. The molecule has 2 aromatic rings. The first-order valence-electron chi connectivity index (χ1n) is 6.33. The van der Waals surface area contributed by atoms with Gasteiger partial charge in [-0.1, -0.05) is 30.3 Å². The van der Waals surface area contributed by atoms with Gasteiger partial charge in [0.05, 0.1) is 6.61 Å². The lowest BCUT2D eigenvalue weighted by molar-refractivity contribution is 0.0950. The molecular weight excluding hydrogens is 257 g/mol. The first-order chi connectivity index (χ1) is 9.60. The van der Waals surface area contributed by atoms with Crippen LogP contribution in [0, 0.1) is 12.7 Å². The summed E-state index contributed by atoms with van der Waals surface area (Å²) >= 11 is 0. The third-order valence-corrected chi connectivity index (χ3v) is 3.07. The molecule has 0 aliphatic carbocycles. The van der Waals surface area contributed by atoms with E-state index >= 15 is 0 Å². The number of rotatable bonds is 4. The molecule has 0 bridgehead atoms. The minimum atomic E-state index is -0.428. The summed E-state index contributed by atoms with van der Waals surface area (Å²) in [6.45, 7) is 2.06. The van der Waals surface area contributed by atoms with Crippen molar-refractivity contribution in [2.45, 2.75) is 20.1 Å². The third kappa shape index (κ3) is 3.42. The van der Waals surface area contributed by atoms with Gasteiger partial charge in [-0.25, -0.2) is 4.39 Å². The molecule has 0 aromatic heterocycles. The summed E-state index contributed by atoms with van der Waals surface area (Å²) in [4.78, 5) is 12.0. The molecule has 2 rings (SSSR count). The number of hydrogen-bond acceptors (Lipinski definition) is 2. The number of hydrogen-bond donors (Lipinski definition) is 2. The molecule has 0 radical (unpaired) electrons. The molecule has 0 saturated carbocycles. The average Bonchev–Trinajstić information content (AvgIpc) is 2.47. The summed E-state index contributed by atoms with van der Waals surface area (Å²) in [7, 11) is 0. The van der Waals surface area contributed by atoms with Crippen LogP contribution in [0.25, 0.3) is 0 Å². The highest BCUT2D eigenvalue weighted by molar-refractivity contribution is 5.95. The maximum Gasteiger partial charge on any atom is 0.251 e. The van der Waals surface area contributed by atoms with E-state index in [9.17, 15) is 9.18 Å². The van der Waals surface area contributed by atoms with Gasteiger partial charge in [-0.3, -0.25) is 4.79 Å². The third-order valence-electron chi connectivity index (χ3n) is 3.07. The van der Waals surface area contributed by atoms with Crippen molar-refractivity contribution >= 4 is 5.91 Å². The van der Waals surface area contributed by atoms with E-state index in [0.29, 0.717) is 12.1 Å². The maximum absolute atomic E-state index is 13.2. The van der Waals surface area contributed by atoms with Crippen molar-refractivity contribution in [2.75, 3.05) is 0 Å². The zero-order valence-electron chi connectivity index (χ0n) is 11.2. The van der Waals surface area contributed by atoms with Gasteiger partial charge in [0.25, 0.3) is 5.91 Å². The highest BCUT2D eigenvalue weighted by Crippen LogP contribution is 2.11. The van der Waals surface area contributed by atoms with Crippen molar-refractivity contribution in [3.8, 4) is 0 Å². The van der Waals surface area contributed by atoms with Gasteiger partial charge in [0.15, 0.2) is 0 Å². The van der Waals surface area contributed by atoms with E-state index in [1.807, 2.05) is 24.3 Å². The number of amides is 1. The van der Waals surface area contributed by atoms with Gasteiger partial charge in [-0.05, 0) is 35.7 Å². The summed E-state index contributed by atoms with van der Waals surface area (Å²) in [5.41, 5.74) is 2.74. The first kappa shape index (κ1) is 14.2. The molecule has 0 heterocycles. The van der Waals surface area contributed by atoms with Crippen molar-refractivity contribution in [2.24, 2.45) is 0 Å². The molecule has 104 valence electrons. The van der Waals surface area contributed by atoms with Crippen LogP contribution in [-0.2, 0) is 13.2 Å². The predicted molar refractivity (Wildman–Crippen MR) is 74.7 cm³/mol. The number of carbonyl (C=O) groups excluding carboxylic acids is 1. The molecule has 0 aliphatic heterocycles. The number of aryl methyl sites for hydroxylation is 1. The molecule has 0 atom stereocenters. The molecule has 0 aliphatic rings. The molecular formula is C16H16FNO2.